The van der Waals surface area contributed by atoms with Crippen molar-refractivity contribution in [1.82, 2.24) is 15.1 Å². The van der Waals surface area contributed by atoms with Crippen LogP contribution in [0.15, 0.2) is 76.5 Å². The van der Waals surface area contributed by atoms with Crippen molar-refractivity contribution in [1.29, 1.82) is 0 Å². The van der Waals surface area contributed by atoms with Gasteiger partial charge < -0.3 is 20.0 Å². The molecule has 1 aliphatic rings. The Labute approximate surface area is 231 Å². The van der Waals surface area contributed by atoms with E-state index in [1.54, 1.807) is 42.5 Å². The summed E-state index contributed by atoms with van der Waals surface area (Å²) < 4.78 is 54.1. The smallest absolute Gasteiger partial charge is 0.258 e. The van der Waals surface area contributed by atoms with E-state index in [1.807, 2.05) is 7.05 Å². The van der Waals surface area contributed by atoms with Crippen LogP contribution >= 0.6 is 0 Å². The number of piperazine rings is 1. The molecule has 2 N–H and O–H groups in total. The van der Waals surface area contributed by atoms with Crippen LogP contribution in [0.4, 0.5) is 26.0 Å². The highest BCUT2D eigenvalue weighted by molar-refractivity contribution is 7.91. The summed E-state index contributed by atoms with van der Waals surface area (Å²) >= 11 is 0. The summed E-state index contributed by atoms with van der Waals surface area (Å²) in [6.07, 6.45) is -1.94. The van der Waals surface area contributed by atoms with E-state index in [0.717, 1.165) is 36.8 Å². The molecule has 0 spiro atoms. The molecule has 1 fully saturated rings. The predicted molar refractivity (Wildman–Crippen MR) is 151 cm³/mol. The van der Waals surface area contributed by atoms with Crippen molar-refractivity contribution in [3.05, 3.63) is 72.3 Å². The first kappa shape index (κ1) is 27.5. The Morgan fingerprint density at radius 1 is 1.05 bits per heavy atom. The van der Waals surface area contributed by atoms with Gasteiger partial charge in [-0.1, -0.05) is 18.2 Å². The molecule has 0 radical (unpaired) electrons. The Hall–Kier alpha value is -4.03. The highest BCUT2D eigenvalue weighted by atomic mass is 32.2. The molecule has 40 heavy (non-hydrogen) atoms. The number of aromatic amines is 1. The Morgan fingerprint density at radius 2 is 1.77 bits per heavy atom. The molecule has 1 unspecified atom stereocenters. The molecule has 1 aliphatic heterocycles. The Balaban J connectivity index is 1.47. The number of benzene rings is 3. The molecule has 9 nitrogen and oxygen atoms in total. The second-order valence-electron chi connectivity index (χ2n) is 9.74. The zero-order valence-electron chi connectivity index (χ0n) is 22.1. The lowest BCUT2D eigenvalue weighted by Gasteiger charge is -2.35. The zero-order valence-corrected chi connectivity index (χ0v) is 23.0. The number of H-pyrrole nitrogens is 1. The molecule has 4 aromatic rings. The standard InChI is InChI=1S/C28H30F2N6O3S/c1-34-12-14-36(15-13-34)19-8-10-22(25(16-19)35(2)26(30)18-29)28(37)31-27-23-17-21(9-11-24(23)32-33-27)40(38,39)20-6-4-3-5-7-20/h3-11,16-17,26H,12-15,18H2,1-2H3,(H2,31,32,33,37). The molecule has 2 heterocycles. The topological polar surface area (TPSA) is 102 Å². The predicted octanol–water partition coefficient (Wildman–Crippen LogP) is 4.10. The van der Waals surface area contributed by atoms with E-state index in [-0.39, 0.29) is 26.9 Å². The van der Waals surface area contributed by atoms with E-state index in [2.05, 4.69) is 25.3 Å². The number of rotatable bonds is 8. The van der Waals surface area contributed by atoms with Gasteiger partial charge in [0.05, 0.1) is 26.6 Å². The van der Waals surface area contributed by atoms with Gasteiger partial charge in [-0.2, -0.15) is 5.10 Å². The molecule has 0 saturated carbocycles. The highest BCUT2D eigenvalue weighted by Crippen LogP contribution is 2.31. The van der Waals surface area contributed by atoms with Gasteiger partial charge >= 0.3 is 0 Å². The second kappa shape index (κ2) is 11.2. The van der Waals surface area contributed by atoms with Crippen LogP contribution in [0, 0.1) is 0 Å². The molecule has 210 valence electrons. The van der Waals surface area contributed by atoms with E-state index in [9.17, 15) is 22.0 Å². The molecular weight excluding hydrogens is 538 g/mol. The minimum Gasteiger partial charge on any atom is -0.369 e. The van der Waals surface area contributed by atoms with Crippen LogP contribution in [-0.2, 0) is 9.84 Å². The molecule has 5 rings (SSSR count). The second-order valence-corrected chi connectivity index (χ2v) is 11.7. The Bertz CT molecular complexity index is 1620. The number of fused-ring (bicyclic) bond motifs is 1. The van der Waals surface area contributed by atoms with Crippen LogP contribution in [-0.4, -0.2) is 82.7 Å². The molecular formula is C28H30F2N6O3S. The van der Waals surface area contributed by atoms with Gasteiger partial charge in [-0.3, -0.25) is 9.89 Å². The van der Waals surface area contributed by atoms with Gasteiger partial charge in [0, 0.05) is 44.3 Å². The first-order valence-corrected chi connectivity index (χ1v) is 14.3. The number of halogens is 2. The summed E-state index contributed by atoms with van der Waals surface area (Å²) in [4.78, 5) is 19.1. The number of hydrogen-bond donors (Lipinski definition) is 2. The van der Waals surface area contributed by atoms with Crippen LogP contribution in [0.3, 0.4) is 0 Å². The minimum absolute atomic E-state index is 0.0447. The van der Waals surface area contributed by atoms with Crippen LogP contribution in [0.5, 0.6) is 0 Å². The number of carbonyl (C=O) groups excluding carboxylic acids is 1. The van der Waals surface area contributed by atoms with Gasteiger partial charge in [-0.25, -0.2) is 17.2 Å². The fraction of sp³-hybridized carbons (Fsp3) is 0.286. The molecule has 0 aliphatic carbocycles. The Kier molecular flexibility index (Phi) is 7.72. The maximum absolute atomic E-state index is 14.5. The minimum atomic E-state index is -3.80. The number of anilines is 3. The van der Waals surface area contributed by atoms with Gasteiger partial charge in [-0.05, 0) is 55.6 Å². The van der Waals surface area contributed by atoms with E-state index >= 15 is 0 Å². The van der Waals surface area contributed by atoms with Crippen LogP contribution in [0.2, 0.25) is 0 Å². The number of likely N-dealkylation sites (N-methyl/N-ethyl adjacent to an activating group) is 1. The van der Waals surface area contributed by atoms with Crippen molar-refractivity contribution in [3.63, 3.8) is 0 Å². The van der Waals surface area contributed by atoms with Crippen molar-refractivity contribution in [2.24, 2.45) is 0 Å². The summed E-state index contributed by atoms with van der Waals surface area (Å²) in [5, 5.41) is 10.1. The zero-order chi connectivity index (χ0) is 28.4. The van der Waals surface area contributed by atoms with Gasteiger partial charge in [-0.15, -0.1) is 0 Å². The molecule has 0 bridgehead atoms. The molecule has 3 aromatic carbocycles. The van der Waals surface area contributed by atoms with Crippen LogP contribution < -0.4 is 15.1 Å². The SMILES string of the molecule is CN1CCN(c2ccc(C(=O)Nc3n[nH]c4ccc(S(=O)(=O)c5ccccc5)cc34)c(N(C)C(F)CF)c2)CC1. The first-order valence-electron chi connectivity index (χ1n) is 12.8. The third kappa shape index (κ3) is 5.36. The number of alkyl halides is 2. The maximum Gasteiger partial charge on any atom is 0.258 e. The van der Waals surface area contributed by atoms with E-state index in [4.69, 9.17) is 0 Å². The van der Waals surface area contributed by atoms with Crippen molar-refractivity contribution in [3.8, 4) is 0 Å². The van der Waals surface area contributed by atoms with Crippen molar-refractivity contribution < 1.29 is 22.0 Å². The quantitative estimate of drug-likeness (QED) is 0.309. The fourth-order valence-corrected chi connectivity index (χ4v) is 5.99. The summed E-state index contributed by atoms with van der Waals surface area (Å²) in [5.74, 6) is -0.480. The number of carbonyl (C=O) groups is 1. The van der Waals surface area contributed by atoms with Gasteiger partial charge in [0.25, 0.3) is 5.91 Å². The average Bonchev–Trinajstić information content (AvgIpc) is 3.38. The number of nitrogens with zero attached hydrogens (tertiary/aromatic N) is 4. The number of aromatic nitrogens is 2. The molecule has 1 saturated heterocycles. The molecule has 1 amide bonds. The van der Waals surface area contributed by atoms with Crippen LogP contribution in [0.1, 0.15) is 10.4 Å². The number of hydrogen-bond acceptors (Lipinski definition) is 7. The van der Waals surface area contributed by atoms with Crippen molar-refractivity contribution in [2.45, 2.75) is 16.1 Å². The number of nitrogens with one attached hydrogen (secondary N) is 2. The van der Waals surface area contributed by atoms with E-state index < -0.39 is 28.7 Å². The summed E-state index contributed by atoms with van der Waals surface area (Å²) in [7, 11) is -0.364. The maximum atomic E-state index is 14.5. The van der Waals surface area contributed by atoms with Gasteiger partial charge in [0.15, 0.2) is 5.82 Å². The largest absolute Gasteiger partial charge is 0.369 e. The lowest BCUT2D eigenvalue weighted by atomic mass is 10.1. The third-order valence-corrected chi connectivity index (χ3v) is 8.92. The highest BCUT2D eigenvalue weighted by Gasteiger charge is 2.25. The van der Waals surface area contributed by atoms with Gasteiger partial charge in [0.2, 0.25) is 16.1 Å². The monoisotopic (exact) mass is 568 g/mol. The number of sulfone groups is 1. The summed E-state index contributed by atoms with van der Waals surface area (Å²) in [5.41, 5.74) is 1.68. The van der Waals surface area contributed by atoms with E-state index in [1.165, 1.54) is 31.3 Å². The number of amides is 1. The summed E-state index contributed by atoms with van der Waals surface area (Å²) in [6, 6.07) is 17.6. The van der Waals surface area contributed by atoms with Crippen LogP contribution in [0.25, 0.3) is 10.9 Å². The van der Waals surface area contributed by atoms with Crippen molar-refractivity contribution in [2.75, 3.05) is 62.1 Å². The average molecular weight is 569 g/mol. The van der Waals surface area contributed by atoms with Crippen molar-refractivity contribution >= 4 is 43.8 Å². The van der Waals surface area contributed by atoms with E-state index in [0.29, 0.717) is 10.9 Å². The van der Waals surface area contributed by atoms with Gasteiger partial charge in [0.1, 0.15) is 6.67 Å². The Morgan fingerprint density at radius 3 is 2.48 bits per heavy atom. The normalized spacial score (nSPS) is 15.2. The molecule has 1 aromatic heterocycles. The molecule has 12 heteroatoms. The third-order valence-electron chi connectivity index (χ3n) is 7.15. The lowest BCUT2D eigenvalue weighted by molar-refractivity contribution is 0.102. The molecule has 1 atom stereocenters. The first-order chi connectivity index (χ1) is 19.2. The lowest BCUT2D eigenvalue weighted by Crippen LogP contribution is -2.44. The summed E-state index contributed by atoms with van der Waals surface area (Å²) in [6.45, 7) is 2.01. The fourth-order valence-electron chi connectivity index (χ4n) is 4.69.